The number of ether oxygens (including phenoxy) is 1. The van der Waals surface area contributed by atoms with Gasteiger partial charge < -0.3 is 44.2 Å². The second-order valence-corrected chi connectivity index (χ2v) is 27.3. The molecule has 12 aromatic rings. The van der Waals surface area contributed by atoms with Crippen LogP contribution in [0, 0.1) is 54.1 Å². The molecule has 0 radical (unpaired) electrons. The molecule has 32 heteroatoms. The third-order valence-corrected chi connectivity index (χ3v) is 20.8. The van der Waals surface area contributed by atoms with Crippen LogP contribution >= 0.6 is 0 Å². The van der Waals surface area contributed by atoms with E-state index in [2.05, 4.69) is 77.6 Å². The lowest BCUT2D eigenvalue weighted by Gasteiger charge is -2.21. The molecule has 6 saturated heterocycles. The van der Waals surface area contributed by atoms with Crippen LogP contribution in [0.1, 0.15) is 63.2 Å². The molecule has 0 spiro atoms. The van der Waals surface area contributed by atoms with Crippen molar-refractivity contribution in [3.05, 3.63) is 210 Å². The second-order valence-electron chi connectivity index (χ2n) is 27.3. The number of nitrogens with zero attached hydrogens (tertiary/aromatic N) is 18. The molecule has 6 aliphatic heterocycles. The van der Waals surface area contributed by atoms with Gasteiger partial charge in [-0.05, 0) is 48.6 Å². The van der Waals surface area contributed by atoms with Crippen molar-refractivity contribution >= 4 is 79.6 Å². The number of halogens is 2. The minimum Gasteiger partial charge on any atom is -0.494 e. The van der Waals surface area contributed by atoms with E-state index in [1.807, 2.05) is 76.5 Å². The van der Waals surface area contributed by atoms with E-state index in [1.54, 1.807) is 41.2 Å². The minimum atomic E-state index is -0.789. The molecule has 6 unspecified atom stereocenters. The molecule has 0 aliphatic carbocycles. The Hall–Kier alpha value is -12.9. The third-order valence-electron chi connectivity index (χ3n) is 20.8. The lowest BCUT2D eigenvalue weighted by atomic mass is 10.0. The Morgan fingerprint density at radius 1 is 0.453 bits per heavy atom. The molecule has 30 nitrogen and oxygen atoms in total. The first-order valence-corrected chi connectivity index (χ1v) is 34.5. The topological polar surface area (TPSA) is 343 Å². The lowest BCUT2D eigenvalue weighted by molar-refractivity contribution is -0.126. The maximum atomic E-state index is 14.7. The van der Waals surface area contributed by atoms with Gasteiger partial charge in [-0.3, -0.25) is 43.3 Å². The maximum Gasteiger partial charge on any atom is 0.295 e. The zero-order valence-corrected chi connectivity index (χ0v) is 57.1. The number of fused-ring (bicyclic) bond motifs is 6. The summed E-state index contributed by atoms with van der Waals surface area (Å²) in [5.74, 6) is -2.25. The van der Waals surface area contributed by atoms with Crippen LogP contribution in [0.25, 0.3) is 50.2 Å². The van der Waals surface area contributed by atoms with Crippen LogP contribution in [0.5, 0.6) is 5.75 Å². The number of nitrogens with one attached hydrogen (secondary N) is 3. The highest BCUT2D eigenvalue weighted by Gasteiger charge is 2.47. The van der Waals surface area contributed by atoms with Crippen molar-refractivity contribution in [2.75, 3.05) is 85.6 Å². The van der Waals surface area contributed by atoms with Crippen molar-refractivity contribution in [3.8, 4) is 23.2 Å². The highest BCUT2D eigenvalue weighted by Crippen LogP contribution is 2.38. The fourth-order valence-corrected chi connectivity index (χ4v) is 15.8. The molecule has 6 atom stereocenters. The standard InChI is InChI=1S/C26H25N7O4.C24H20FN7O3.C24H22FN7O2/c1-15-29-14-33(30-15)24-22-21(20(37-2)9-28-24)19(8-27-22)23(34)26(36)32-12-17-10-31(11-18(17)13-32)25(35)16-6-4-3-5-7-16;25-18-9-27-22(32-7-6-28-29-32)20-19(18)17(8-26-20)21(33)24(35)31-12-15-10-30(11-16(15)13-31)23(34)14-4-2-1-3-5-14;25-19-9-27-23(32-7-6-28-29-32)21-20(19)18(8-26-21)22(33)24(34)31-13-16-11-30(12-17(16)14-31)10-15-4-2-1-3-5-15/h3-9,14,17-18,27H,10-13H2,1-2H3;1-9,15-16,26H,10-13H2;1-9,16-17,26H,10-14H2. The first-order chi connectivity index (χ1) is 51.5. The number of likely N-dealkylation sites (tertiary alicyclic amines) is 6. The Balaban J connectivity index is 0.000000122. The van der Waals surface area contributed by atoms with Gasteiger partial charge in [0.05, 0.1) is 99.9 Å². The molecule has 15 heterocycles. The molecule has 6 fully saturated rings. The lowest BCUT2D eigenvalue weighted by Crippen LogP contribution is -2.38. The Bertz CT molecular complexity index is 5360. The van der Waals surface area contributed by atoms with E-state index in [-0.39, 0.29) is 79.8 Å². The molecule has 3 N–H and O–H groups in total. The van der Waals surface area contributed by atoms with Gasteiger partial charge in [0, 0.05) is 138 Å². The van der Waals surface area contributed by atoms with Crippen molar-refractivity contribution < 1.29 is 51.9 Å². The monoisotopic (exact) mass is 1430 g/mol. The van der Waals surface area contributed by atoms with Crippen LogP contribution in [0.4, 0.5) is 8.78 Å². The number of hydrogen-bond donors (Lipinski definition) is 3. The maximum absolute atomic E-state index is 14.7. The number of aromatic amines is 3. The Morgan fingerprint density at radius 2 is 0.821 bits per heavy atom. The molecular weight excluding hydrogens is 1360 g/mol. The summed E-state index contributed by atoms with van der Waals surface area (Å²) in [5.41, 5.74) is 3.80. The highest BCUT2D eigenvalue weighted by molar-refractivity contribution is 6.46. The van der Waals surface area contributed by atoms with Gasteiger partial charge in [0.15, 0.2) is 29.1 Å². The number of aryl methyl sites for hydroxylation is 1. The zero-order chi connectivity index (χ0) is 73.0. The number of carbonyl (C=O) groups excluding carboxylic acids is 8. The summed E-state index contributed by atoms with van der Waals surface area (Å²) in [6.45, 7) is 9.38. The fourth-order valence-electron chi connectivity index (χ4n) is 15.8. The summed E-state index contributed by atoms with van der Waals surface area (Å²) in [6, 6.07) is 28.6. The van der Waals surface area contributed by atoms with Gasteiger partial charge in [0.25, 0.3) is 46.9 Å². The average Bonchev–Trinajstić information content (AvgIpc) is 1.62. The Morgan fingerprint density at radius 3 is 1.21 bits per heavy atom. The Labute approximate surface area is 600 Å². The molecule has 5 amide bonds. The predicted octanol–water partition coefficient (Wildman–Crippen LogP) is 5.63. The number of aromatic nitrogens is 15. The summed E-state index contributed by atoms with van der Waals surface area (Å²) >= 11 is 0. The number of pyridine rings is 3. The zero-order valence-electron chi connectivity index (χ0n) is 57.1. The smallest absolute Gasteiger partial charge is 0.295 e. The molecular formula is C74H67F2N21O9. The summed E-state index contributed by atoms with van der Waals surface area (Å²) in [4.78, 5) is 141. The number of hydrogen-bond acceptors (Lipinski definition) is 19. The first-order valence-electron chi connectivity index (χ1n) is 34.5. The van der Waals surface area contributed by atoms with Gasteiger partial charge in [-0.2, -0.15) is 5.10 Å². The van der Waals surface area contributed by atoms with Gasteiger partial charge in [0.2, 0.25) is 0 Å². The molecule has 6 aliphatic rings. The predicted molar refractivity (Wildman–Crippen MR) is 374 cm³/mol. The Kier molecular flexibility index (Phi) is 17.9. The average molecular weight is 1430 g/mol. The SMILES string of the molecule is COc1cnc(-n2cnc(C)n2)c2[nH]cc(C(=O)C(=O)N3CC4CN(C(=O)c5ccccc5)CC4C3)c12.O=C(C(=O)N1CC2CN(C(=O)c3ccccc3)CC2C1)c1c[nH]c2c(-n3ccnn3)ncc(F)c12.O=C(C(=O)N1CC2CN(Cc3ccccc3)CC2C1)c1c[nH]c2c(-n3ccnn3)ncc(F)c12. The van der Waals surface area contributed by atoms with E-state index in [0.717, 1.165) is 32.0 Å². The van der Waals surface area contributed by atoms with Crippen LogP contribution < -0.4 is 4.74 Å². The molecule has 536 valence electrons. The van der Waals surface area contributed by atoms with Gasteiger partial charge in [0.1, 0.15) is 17.9 Å². The number of H-pyrrole nitrogens is 3. The summed E-state index contributed by atoms with van der Waals surface area (Å²) in [6.07, 6.45) is 15.3. The quantitative estimate of drug-likeness (QED) is 0.0877. The number of ketones is 3. The summed E-state index contributed by atoms with van der Waals surface area (Å²) < 4.78 is 39.1. The van der Waals surface area contributed by atoms with Crippen LogP contribution in [0.3, 0.4) is 0 Å². The molecule has 9 aromatic heterocycles. The number of rotatable bonds is 14. The highest BCUT2D eigenvalue weighted by atomic mass is 19.1. The van der Waals surface area contributed by atoms with E-state index < -0.39 is 46.7 Å². The van der Waals surface area contributed by atoms with Gasteiger partial charge in [-0.15, -0.1) is 10.2 Å². The number of benzene rings is 3. The summed E-state index contributed by atoms with van der Waals surface area (Å²) in [7, 11) is 1.49. The number of carbonyl (C=O) groups is 8. The van der Waals surface area contributed by atoms with Crippen LogP contribution in [-0.2, 0) is 20.9 Å². The fraction of sp³-hybridized carbons (Fsp3) is 0.284. The molecule has 106 heavy (non-hydrogen) atoms. The third kappa shape index (κ3) is 12.6. The van der Waals surface area contributed by atoms with E-state index in [1.165, 1.54) is 75.1 Å². The van der Waals surface area contributed by atoms with E-state index in [9.17, 15) is 47.1 Å². The van der Waals surface area contributed by atoms with Gasteiger partial charge >= 0.3 is 0 Å². The van der Waals surface area contributed by atoms with Crippen molar-refractivity contribution in [3.63, 3.8) is 0 Å². The number of amides is 5. The van der Waals surface area contributed by atoms with Crippen molar-refractivity contribution in [1.82, 2.24) is 104 Å². The van der Waals surface area contributed by atoms with Gasteiger partial charge in [-0.1, -0.05) is 77.2 Å². The van der Waals surface area contributed by atoms with Crippen molar-refractivity contribution in [2.45, 2.75) is 13.5 Å². The molecule has 0 saturated carbocycles. The largest absolute Gasteiger partial charge is 0.494 e. The molecule has 3 aromatic carbocycles. The first kappa shape index (κ1) is 67.6. The van der Waals surface area contributed by atoms with Crippen LogP contribution in [-0.4, -0.2) is 237 Å². The van der Waals surface area contributed by atoms with Gasteiger partial charge in [-0.25, -0.2) is 42.8 Å². The minimum absolute atomic E-state index is 0.00169. The molecule has 18 rings (SSSR count). The number of methoxy groups -OCH3 is 1. The van der Waals surface area contributed by atoms with Crippen molar-refractivity contribution in [2.24, 2.45) is 35.5 Å². The van der Waals surface area contributed by atoms with E-state index in [4.69, 9.17) is 4.74 Å². The van der Waals surface area contributed by atoms with E-state index in [0.29, 0.717) is 123 Å². The van der Waals surface area contributed by atoms with Crippen LogP contribution in [0.2, 0.25) is 0 Å². The normalized spacial score (nSPS) is 19.5. The number of Topliss-reactive ketones (excluding diaryl/α,β-unsaturated/α-hetero) is 3. The van der Waals surface area contributed by atoms with E-state index >= 15 is 0 Å². The second kappa shape index (κ2) is 28.1. The van der Waals surface area contributed by atoms with Crippen LogP contribution in [0.15, 0.2) is 159 Å². The molecule has 0 bridgehead atoms. The van der Waals surface area contributed by atoms with Crippen molar-refractivity contribution in [1.29, 1.82) is 0 Å². The summed E-state index contributed by atoms with van der Waals surface area (Å²) in [5, 5.41) is 20.0.